The Kier molecular flexibility index (Phi) is 7.43. The summed E-state index contributed by atoms with van der Waals surface area (Å²) in [6.45, 7) is 7.52. The number of carbonyl (C=O) groups is 1. The molecule has 2 aromatic heterocycles. The molecule has 5 rings (SSSR count). The monoisotopic (exact) mass is 498 g/mol. The van der Waals surface area contributed by atoms with Crippen LogP contribution in [0.15, 0.2) is 61.3 Å². The maximum Gasteiger partial charge on any atom is 0.231 e. The van der Waals surface area contributed by atoms with E-state index in [2.05, 4.69) is 43.2 Å². The minimum absolute atomic E-state index is 0.108. The Bertz CT molecular complexity index is 1310. The van der Waals surface area contributed by atoms with Crippen LogP contribution in [0.3, 0.4) is 0 Å². The number of anilines is 3. The topological polar surface area (TPSA) is 82.4 Å². The summed E-state index contributed by atoms with van der Waals surface area (Å²) in [5.41, 5.74) is 5.81. The van der Waals surface area contributed by atoms with Gasteiger partial charge in [-0.2, -0.15) is 0 Å². The number of piperazine rings is 1. The highest BCUT2D eigenvalue weighted by molar-refractivity contribution is 6.01. The van der Waals surface area contributed by atoms with Crippen molar-refractivity contribution >= 4 is 23.2 Å². The number of aryl methyl sites for hydroxylation is 1. The summed E-state index contributed by atoms with van der Waals surface area (Å²) >= 11 is 0. The van der Waals surface area contributed by atoms with Crippen LogP contribution in [0.2, 0.25) is 0 Å². The average Bonchev–Trinajstić information content (AvgIpc) is 3.23. The molecule has 0 bridgehead atoms. The Hall–Kier alpha value is -3.82. The molecule has 4 heterocycles. The second-order valence-corrected chi connectivity index (χ2v) is 9.79. The number of aromatic nitrogens is 4. The molecular formula is C28H34N8O. The molecular weight excluding hydrogens is 464 g/mol. The fourth-order valence-corrected chi connectivity index (χ4v) is 4.55. The summed E-state index contributed by atoms with van der Waals surface area (Å²) in [4.78, 5) is 32.5. The summed E-state index contributed by atoms with van der Waals surface area (Å²) in [6, 6.07) is 12.1. The molecule has 192 valence electrons. The SMILES string of the molecule is Cc1ccn(-c2ccc3c(c2)CC(=O)N3C)cnc(Nc2ccc(CCN3CCN(C)CC3)nc2)nc1. The van der Waals surface area contributed by atoms with Crippen molar-refractivity contribution in [1.29, 1.82) is 0 Å². The quantitative estimate of drug-likeness (QED) is 0.559. The van der Waals surface area contributed by atoms with Crippen molar-refractivity contribution in [2.75, 3.05) is 57.0 Å². The zero-order valence-corrected chi connectivity index (χ0v) is 21.8. The van der Waals surface area contributed by atoms with Crippen molar-refractivity contribution in [3.8, 4) is 5.69 Å². The standard InChI is InChI=1S/C28H34N8O/c1-21-8-11-36(25-6-7-26-22(16-25)17-27(37)34(26)3)20-31-28(30-18-21)32-24-5-4-23(29-19-24)9-10-35-14-12-33(2)13-15-35/h4-8,11,16,18-20H,9-10,12-15,17H2,1-3H3,(H,30,32). The van der Waals surface area contributed by atoms with Gasteiger partial charge in [-0.3, -0.25) is 9.78 Å². The first-order valence-electron chi connectivity index (χ1n) is 12.7. The van der Waals surface area contributed by atoms with Gasteiger partial charge in [0.05, 0.1) is 18.3 Å². The lowest BCUT2D eigenvalue weighted by molar-refractivity contribution is -0.117. The van der Waals surface area contributed by atoms with Gasteiger partial charge in [-0.15, -0.1) is 0 Å². The molecule has 0 unspecified atom stereocenters. The largest absolute Gasteiger partial charge is 0.323 e. The Labute approximate surface area is 218 Å². The van der Waals surface area contributed by atoms with Crippen LogP contribution in [0.4, 0.5) is 17.3 Å². The number of hydrogen-bond donors (Lipinski definition) is 1. The van der Waals surface area contributed by atoms with Gasteiger partial charge in [-0.1, -0.05) is 0 Å². The molecule has 9 nitrogen and oxygen atoms in total. The van der Waals surface area contributed by atoms with Crippen LogP contribution in [0, 0.1) is 6.92 Å². The lowest BCUT2D eigenvalue weighted by Crippen LogP contribution is -2.45. The Morgan fingerprint density at radius 3 is 2.57 bits per heavy atom. The molecule has 9 heteroatoms. The van der Waals surface area contributed by atoms with Crippen LogP contribution in [-0.4, -0.2) is 82.0 Å². The first-order chi connectivity index (χ1) is 17.9. The van der Waals surface area contributed by atoms with Crippen LogP contribution in [0.25, 0.3) is 5.69 Å². The molecule has 1 fully saturated rings. The van der Waals surface area contributed by atoms with E-state index in [9.17, 15) is 4.79 Å². The van der Waals surface area contributed by atoms with Gasteiger partial charge in [0.1, 0.15) is 6.33 Å². The predicted octanol–water partition coefficient (Wildman–Crippen LogP) is 3.15. The van der Waals surface area contributed by atoms with E-state index in [1.807, 2.05) is 61.3 Å². The summed E-state index contributed by atoms with van der Waals surface area (Å²) in [7, 11) is 3.99. The van der Waals surface area contributed by atoms with E-state index in [1.54, 1.807) is 17.4 Å². The van der Waals surface area contributed by atoms with E-state index in [1.165, 1.54) is 0 Å². The predicted molar refractivity (Wildman–Crippen MR) is 146 cm³/mol. The Morgan fingerprint density at radius 2 is 1.78 bits per heavy atom. The molecule has 1 amide bonds. The molecule has 37 heavy (non-hydrogen) atoms. The van der Waals surface area contributed by atoms with Crippen molar-refractivity contribution in [3.63, 3.8) is 0 Å². The summed E-state index contributed by atoms with van der Waals surface area (Å²) in [5, 5.41) is 3.28. The third-order valence-corrected chi connectivity index (χ3v) is 6.99. The van der Waals surface area contributed by atoms with Crippen molar-refractivity contribution in [2.24, 2.45) is 0 Å². The van der Waals surface area contributed by atoms with Crippen LogP contribution >= 0.6 is 0 Å². The van der Waals surface area contributed by atoms with Crippen LogP contribution in [-0.2, 0) is 17.6 Å². The van der Waals surface area contributed by atoms with Gasteiger partial charge in [0, 0.05) is 75.7 Å². The van der Waals surface area contributed by atoms with Crippen molar-refractivity contribution in [1.82, 2.24) is 29.3 Å². The van der Waals surface area contributed by atoms with Crippen LogP contribution in [0.5, 0.6) is 0 Å². The molecule has 0 spiro atoms. The molecule has 0 saturated carbocycles. The molecule has 0 atom stereocenters. The van der Waals surface area contributed by atoms with Gasteiger partial charge in [-0.05, 0) is 61.5 Å². The molecule has 1 N–H and O–H groups in total. The lowest BCUT2D eigenvalue weighted by atomic mass is 10.1. The lowest BCUT2D eigenvalue weighted by Gasteiger charge is -2.32. The molecule has 1 saturated heterocycles. The van der Waals surface area contributed by atoms with Gasteiger partial charge >= 0.3 is 0 Å². The van der Waals surface area contributed by atoms with E-state index in [0.29, 0.717) is 12.4 Å². The number of amides is 1. The third-order valence-electron chi connectivity index (χ3n) is 6.99. The molecule has 3 aromatic rings. The van der Waals surface area contributed by atoms with E-state index in [-0.39, 0.29) is 5.91 Å². The maximum atomic E-state index is 12.1. The number of fused-ring (bicyclic) bond motifs is 1. The summed E-state index contributed by atoms with van der Waals surface area (Å²) < 4.78 is 1.93. The van der Waals surface area contributed by atoms with Crippen molar-refractivity contribution in [3.05, 3.63) is 78.1 Å². The van der Waals surface area contributed by atoms with Gasteiger partial charge in [0.2, 0.25) is 11.9 Å². The molecule has 2 aliphatic rings. The van der Waals surface area contributed by atoms with E-state index >= 15 is 0 Å². The van der Waals surface area contributed by atoms with Gasteiger partial charge in [0.25, 0.3) is 0 Å². The highest BCUT2D eigenvalue weighted by Gasteiger charge is 2.23. The van der Waals surface area contributed by atoms with Crippen molar-refractivity contribution in [2.45, 2.75) is 19.8 Å². The molecule has 2 aliphatic heterocycles. The minimum Gasteiger partial charge on any atom is -0.323 e. The second-order valence-electron chi connectivity index (χ2n) is 9.79. The summed E-state index contributed by atoms with van der Waals surface area (Å²) in [6.07, 6.45) is 8.66. The highest BCUT2D eigenvalue weighted by Crippen LogP contribution is 2.29. The van der Waals surface area contributed by atoms with E-state index < -0.39 is 0 Å². The number of hydrogen-bond acceptors (Lipinski definition) is 7. The number of benzene rings is 1. The third kappa shape index (κ3) is 6.12. The van der Waals surface area contributed by atoms with E-state index in [0.717, 1.165) is 73.0 Å². The van der Waals surface area contributed by atoms with E-state index in [4.69, 9.17) is 0 Å². The normalized spacial score (nSPS) is 16.0. The molecule has 1 aromatic carbocycles. The van der Waals surface area contributed by atoms with Crippen LogP contribution < -0.4 is 10.2 Å². The number of nitrogens with zero attached hydrogens (tertiary/aromatic N) is 7. The summed E-state index contributed by atoms with van der Waals surface area (Å²) in [5.74, 6) is 0.577. The van der Waals surface area contributed by atoms with Crippen molar-refractivity contribution < 1.29 is 4.79 Å². The zero-order valence-electron chi connectivity index (χ0n) is 21.8. The maximum absolute atomic E-state index is 12.1. The van der Waals surface area contributed by atoms with Gasteiger partial charge in [-0.25, -0.2) is 9.97 Å². The van der Waals surface area contributed by atoms with Gasteiger partial charge in [0.15, 0.2) is 0 Å². The number of likely N-dealkylation sites (N-methyl/N-ethyl adjacent to an activating group) is 2. The minimum atomic E-state index is 0.108. The number of rotatable bonds is 6. The number of pyridine rings is 1. The van der Waals surface area contributed by atoms with Gasteiger partial charge < -0.3 is 24.6 Å². The Morgan fingerprint density at radius 1 is 0.946 bits per heavy atom. The molecule has 0 aliphatic carbocycles. The highest BCUT2D eigenvalue weighted by atomic mass is 16.2. The number of nitrogens with one attached hydrogen (secondary N) is 1. The Balaban J connectivity index is 1.30. The number of carbonyl (C=O) groups excluding carboxylic acids is 1. The first kappa shape index (κ1) is 24.9. The fourth-order valence-electron chi connectivity index (χ4n) is 4.55. The van der Waals surface area contributed by atoms with Crippen LogP contribution in [0.1, 0.15) is 16.8 Å². The second kappa shape index (κ2) is 11.1. The smallest absolute Gasteiger partial charge is 0.231 e. The zero-order chi connectivity index (χ0) is 25.8. The first-order valence-corrected chi connectivity index (χ1v) is 12.7. The molecule has 0 radical (unpaired) electrons. The average molecular weight is 499 g/mol. The fraction of sp³-hybridized carbons (Fsp3) is 0.357.